The number of thiazole rings is 1. The smallest absolute Gasteiger partial charge is 0.151 e. The molecule has 0 saturated carbocycles. The van der Waals surface area contributed by atoms with E-state index in [-0.39, 0.29) is 0 Å². The van der Waals surface area contributed by atoms with Crippen molar-refractivity contribution in [1.82, 2.24) is 4.98 Å². The molecule has 1 aromatic carbocycles. The molecule has 2 aromatic rings. The summed E-state index contributed by atoms with van der Waals surface area (Å²) in [6.45, 7) is 2.11. The first-order chi connectivity index (χ1) is 6.79. The quantitative estimate of drug-likeness (QED) is 0.597. The predicted molar refractivity (Wildman–Crippen MR) is 65.7 cm³/mol. The maximum absolute atomic E-state index is 5.76. The molecule has 0 aliphatic carbocycles. The van der Waals surface area contributed by atoms with E-state index in [0.717, 1.165) is 9.86 Å². The number of fused-ring (bicyclic) bond motifs is 1. The third-order valence-corrected chi connectivity index (χ3v) is 4.67. The number of rotatable bonds is 3. The van der Waals surface area contributed by atoms with E-state index < -0.39 is 0 Å². The average Bonchev–Trinajstić information content (AvgIpc) is 2.59. The Labute approximate surface area is 96.5 Å². The van der Waals surface area contributed by atoms with Crippen molar-refractivity contribution in [3.63, 3.8) is 0 Å². The van der Waals surface area contributed by atoms with Gasteiger partial charge >= 0.3 is 0 Å². The molecule has 0 radical (unpaired) electrons. The Kier molecular flexibility index (Phi) is 3.31. The Morgan fingerprint density at radius 2 is 2.29 bits per heavy atom. The molecule has 0 aliphatic rings. The predicted octanol–water partition coefficient (Wildman–Crippen LogP) is 4.02. The molecular formula is C10H10ClNS2. The van der Waals surface area contributed by atoms with E-state index in [1.807, 2.05) is 18.2 Å². The molecule has 74 valence electrons. The van der Waals surface area contributed by atoms with Crippen LogP contribution in [0.4, 0.5) is 0 Å². The maximum atomic E-state index is 5.76. The monoisotopic (exact) mass is 243 g/mol. The first kappa shape index (κ1) is 10.3. The van der Waals surface area contributed by atoms with Crippen molar-refractivity contribution in [3.8, 4) is 0 Å². The van der Waals surface area contributed by atoms with Gasteiger partial charge in [-0.15, -0.1) is 22.9 Å². The molecule has 0 spiro atoms. The SMILES string of the molecule is CC(CCl)Sc1nc2ccccc2s1. The third kappa shape index (κ3) is 2.22. The minimum atomic E-state index is 0.428. The van der Waals surface area contributed by atoms with E-state index in [4.69, 9.17) is 11.6 Å². The minimum absolute atomic E-state index is 0.428. The summed E-state index contributed by atoms with van der Waals surface area (Å²) in [5.74, 6) is 0.667. The van der Waals surface area contributed by atoms with Gasteiger partial charge in [0, 0.05) is 11.1 Å². The number of thioether (sulfide) groups is 1. The lowest BCUT2D eigenvalue weighted by Crippen LogP contribution is -1.95. The molecule has 0 aliphatic heterocycles. The summed E-state index contributed by atoms with van der Waals surface area (Å²) >= 11 is 9.24. The molecule has 1 atom stereocenters. The Balaban J connectivity index is 2.27. The fourth-order valence-corrected chi connectivity index (χ4v) is 3.50. The Morgan fingerprint density at radius 1 is 1.50 bits per heavy atom. The highest BCUT2D eigenvalue weighted by molar-refractivity contribution is 8.01. The number of halogens is 1. The summed E-state index contributed by atoms with van der Waals surface area (Å²) in [7, 11) is 0. The molecular weight excluding hydrogens is 234 g/mol. The summed E-state index contributed by atoms with van der Waals surface area (Å²) < 4.78 is 2.36. The van der Waals surface area contributed by atoms with E-state index in [1.165, 1.54) is 4.70 Å². The highest BCUT2D eigenvalue weighted by Gasteiger charge is 2.07. The normalized spacial score (nSPS) is 13.3. The van der Waals surface area contributed by atoms with Crippen LogP contribution in [0.3, 0.4) is 0 Å². The van der Waals surface area contributed by atoms with Crippen molar-refractivity contribution in [2.75, 3.05) is 5.88 Å². The molecule has 1 heterocycles. The van der Waals surface area contributed by atoms with Gasteiger partial charge in [0.1, 0.15) is 0 Å². The summed E-state index contributed by atoms with van der Waals surface area (Å²) in [6.07, 6.45) is 0. The first-order valence-electron chi connectivity index (χ1n) is 4.38. The molecule has 14 heavy (non-hydrogen) atoms. The van der Waals surface area contributed by atoms with Crippen LogP contribution in [-0.2, 0) is 0 Å². The zero-order valence-electron chi connectivity index (χ0n) is 7.74. The second-order valence-corrected chi connectivity index (χ2v) is 6.06. The molecule has 0 amide bonds. The van der Waals surface area contributed by atoms with Gasteiger partial charge in [0.05, 0.1) is 10.2 Å². The number of aromatic nitrogens is 1. The van der Waals surface area contributed by atoms with E-state index >= 15 is 0 Å². The fourth-order valence-electron chi connectivity index (χ4n) is 1.11. The Bertz CT molecular complexity index is 394. The number of para-hydroxylation sites is 1. The van der Waals surface area contributed by atoms with Crippen LogP contribution >= 0.6 is 34.7 Å². The van der Waals surface area contributed by atoms with Gasteiger partial charge in [-0.2, -0.15) is 0 Å². The Hall–Kier alpha value is -0.250. The van der Waals surface area contributed by atoms with Gasteiger partial charge in [0.2, 0.25) is 0 Å². The maximum Gasteiger partial charge on any atom is 0.151 e. The number of hydrogen-bond donors (Lipinski definition) is 0. The van der Waals surface area contributed by atoms with Crippen molar-refractivity contribution < 1.29 is 0 Å². The van der Waals surface area contributed by atoms with E-state index in [9.17, 15) is 0 Å². The molecule has 1 unspecified atom stereocenters. The minimum Gasteiger partial charge on any atom is -0.230 e. The number of benzene rings is 1. The molecule has 0 saturated heterocycles. The van der Waals surface area contributed by atoms with Crippen molar-refractivity contribution in [2.45, 2.75) is 16.5 Å². The van der Waals surface area contributed by atoms with Crippen LogP contribution in [0.25, 0.3) is 10.2 Å². The lowest BCUT2D eigenvalue weighted by atomic mass is 10.3. The highest BCUT2D eigenvalue weighted by atomic mass is 35.5. The number of alkyl halides is 1. The van der Waals surface area contributed by atoms with Gasteiger partial charge in [-0.05, 0) is 12.1 Å². The third-order valence-electron chi connectivity index (χ3n) is 1.79. The van der Waals surface area contributed by atoms with Crippen LogP contribution in [-0.4, -0.2) is 16.1 Å². The summed E-state index contributed by atoms with van der Waals surface area (Å²) in [6, 6.07) is 8.20. The van der Waals surface area contributed by atoms with Gasteiger partial charge in [-0.1, -0.05) is 30.8 Å². The van der Waals surface area contributed by atoms with Crippen molar-refractivity contribution in [2.24, 2.45) is 0 Å². The second kappa shape index (κ2) is 4.51. The van der Waals surface area contributed by atoms with E-state index in [0.29, 0.717) is 11.1 Å². The van der Waals surface area contributed by atoms with Crippen LogP contribution in [0.1, 0.15) is 6.92 Å². The fraction of sp³-hybridized carbons (Fsp3) is 0.300. The largest absolute Gasteiger partial charge is 0.230 e. The molecule has 1 nitrogen and oxygen atoms in total. The molecule has 0 fully saturated rings. The zero-order valence-corrected chi connectivity index (χ0v) is 10.1. The van der Waals surface area contributed by atoms with Crippen molar-refractivity contribution >= 4 is 44.9 Å². The zero-order chi connectivity index (χ0) is 9.97. The van der Waals surface area contributed by atoms with Gasteiger partial charge in [0.25, 0.3) is 0 Å². The van der Waals surface area contributed by atoms with E-state index in [2.05, 4.69) is 18.0 Å². The standard InChI is InChI=1S/C10H10ClNS2/c1-7(6-11)13-10-12-8-4-2-3-5-9(8)14-10/h2-5,7H,6H2,1H3. The second-order valence-electron chi connectivity index (χ2n) is 3.03. The van der Waals surface area contributed by atoms with Crippen LogP contribution in [0, 0.1) is 0 Å². The van der Waals surface area contributed by atoms with E-state index in [1.54, 1.807) is 23.1 Å². The number of hydrogen-bond acceptors (Lipinski definition) is 3. The molecule has 4 heteroatoms. The van der Waals surface area contributed by atoms with Gasteiger partial charge in [0.15, 0.2) is 4.34 Å². The first-order valence-corrected chi connectivity index (χ1v) is 6.61. The molecule has 0 N–H and O–H groups in total. The molecule has 0 bridgehead atoms. The van der Waals surface area contributed by atoms with Gasteiger partial charge in [-0.25, -0.2) is 4.98 Å². The topological polar surface area (TPSA) is 12.9 Å². The van der Waals surface area contributed by atoms with Gasteiger partial charge in [-0.3, -0.25) is 0 Å². The summed E-state index contributed by atoms with van der Waals surface area (Å²) in [4.78, 5) is 4.52. The number of nitrogens with zero attached hydrogens (tertiary/aromatic N) is 1. The van der Waals surface area contributed by atoms with Gasteiger partial charge < -0.3 is 0 Å². The van der Waals surface area contributed by atoms with Crippen LogP contribution in [0.15, 0.2) is 28.6 Å². The highest BCUT2D eigenvalue weighted by Crippen LogP contribution is 2.31. The van der Waals surface area contributed by atoms with Crippen molar-refractivity contribution in [1.29, 1.82) is 0 Å². The Morgan fingerprint density at radius 3 is 3.00 bits per heavy atom. The van der Waals surface area contributed by atoms with Crippen LogP contribution < -0.4 is 0 Å². The molecule has 2 rings (SSSR count). The average molecular weight is 244 g/mol. The van der Waals surface area contributed by atoms with Crippen LogP contribution in [0.2, 0.25) is 0 Å². The van der Waals surface area contributed by atoms with Crippen LogP contribution in [0.5, 0.6) is 0 Å². The summed E-state index contributed by atoms with van der Waals surface area (Å²) in [5, 5.41) is 0.428. The lowest BCUT2D eigenvalue weighted by Gasteiger charge is -2.01. The lowest BCUT2D eigenvalue weighted by molar-refractivity contribution is 1.11. The summed E-state index contributed by atoms with van der Waals surface area (Å²) in [5.41, 5.74) is 1.08. The molecule has 1 aromatic heterocycles. The van der Waals surface area contributed by atoms with Crippen molar-refractivity contribution in [3.05, 3.63) is 24.3 Å².